The van der Waals surface area contributed by atoms with Crippen LogP contribution in [0.3, 0.4) is 0 Å². The number of aromatic hydroxyl groups is 3. The number of rotatable bonds is 9. The molecule has 342 valence electrons. The lowest BCUT2D eigenvalue weighted by atomic mass is 9.44. The summed E-state index contributed by atoms with van der Waals surface area (Å²) >= 11 is 0. The number of phenolic OH excluding ortho intramolecular Hbond substituents is 3. The molecule has 7 atom stereocenters. The quantitative estimate of drug-likeness (QED) is 0.103. The Morgan fingerprint density at radius 2 is 1.42 bits per heavy atom. The van der Waals surface area contributed by atoms with E-state index >= 15 is 0 Å². The number of aliphatic hydroxyl groups is 1. The van der Waals surface area contributed by atoms with E-state index in [1.165, 1.54) is 21.1 Å². The fourth-order valence-electron chi connectivity index (χ4n) is 12.5. The van der Waals surface area contributed by atoms with E-state index in [0.717, 1.165) is 66.1 Å². The van der Waals surface area contributed by atoms with Gasteiger partial charge < -0.3 is 39.4 Å². The van der Waals surface area contributed by atoms with Crippen molar-refractivity contribution in [1.82, 2.24) is 0 Å². The van der Waals surface area contributed by atoms with Gasteiger partial charge in [-0.1, -0.05) is 84.9 Å². The van der Waals surface area contributed by atoms with Crippen LogP contribution in [0.15, 0.2) is 127 Å². The molecule has 10 nitrogen and oxygen atoms in total. The SMILES string of the molecule is COc1cc2c(cc1O)[C@@H](CO)[C@]1(c3ccc4ccccc4c3)[C@H](C2)[C@H](OC(C)=O)C[C@@H](OC(=O)Cc2ccc3cc(O)cc(-c4ccccc4)c3c2)C[C@H]2c3cc(OC)c(O)cc3CC[C@@H]21. The van der Waals surface area contributed by atoms with Crippen molar-refractivity contribution in [3.63, 3.8) is 0 Å². The molecule has 0 heterocycles. The normalized spacial score (nSPS) is 23.1. The van der Waals surface area contributed by atoms with E-state index in [1.54, 1.807) is 24.3 Å². The molecule has 3 aliphatic rings. The maximum atomic E-state index is 14.5. The van der Waals surface area contributed by atoms with Crippen LogP contribution in [0.2, 0.25) is 0 Å². The standard InChI is InChI=1S/C57H54O10/c1-32(59)66-53-28-42(67-56(63)20-33-13-14-37-22-41(60)26-44(43(37)19-33)35-10-5-4-6-11-35)27-47-45-30-55(65-3)51(61)24-38(45)16-18-48(47)57(40-17-15-34-9-7-8-12-36(34)21-40)49(53)23-39-25-54(64-2)52(62)29-46(39)50(57)31-58/h4-15,17,19,21-22,24-26,29-30,42,47-50,53,58,60-62H,16,18,20,23,27-28,31H2,1-3H3/t42-,47-,48-,49+,50+,53+,57-/m0/s1. The Bertz CT molecular complexity index is 3040. The molecule has 3 aliphatic carbocycles. The van der Waals surface area contributed by atoms with Crippen LogP contribution in [0.25, 0.3) is 32.7 Å². The second kappa shape index (κ2) is 17.6. The summed E-state index contributed by atoms with van der Waals surface area (Å²) < 4.78 is 24.5. The van der Waals surface area contributed by atoms with Crippen molar-refractivity contribution < 1.29 is 49.0 Å². The van der Waals surface area contributed by atoms with E-state index in [9.17, 15) is 30.0 Å². The molecule has 0 aromatic heterocycles. The smallest absolute Gasteiger partial charge is 0.310 e. The van der Waals surface area contributed by atoms with E-state index in [1.807, 2.05) is 72.8 Å². The second-order valence-electron chi connectivity index (χ2n) is 18.6. The Labute approximate surface area is 389 Å². The average molecular weight is 899 g/mol. The Morgan fingerprint density at radius 3 is 2.18 bits per heavy atom. The summed E-state index contributed by atoms with van der Waals surface area (Å²) in [7, 11) is 3.03. The van der Waals surface area contributed by atoms with Gasteiger partial charge in [-0.25, -0.2) is 0 Å². The van der Waals surface area contributed by atoms with Crippen molar-refractivity contribution in [2.75, 3.05) is 20.8 Å². The number of carbonyl (C=O) groups excluding carboxylic acids is 2. The van der Waals surface area contributed by atoms with Gasteiger partial charge in [0.1, 0.15) is 18.0 Å². The third-order valence-corrected chi connectivity index (χ3v) is 15.1. The van der Waals surface area contributed by atoms with Gasteiger partial charge >= 0.3 is 11.9 Å². The maximum absolute atomic E-state index is 14.5. The van der Waals surface area contributed by atoms with Crippen molar-refractivity contribution in [2.45, 2.75) is 74.9 Å². The molecule has 10 heteroatoms. The number of aryl methyl sites for hydroxylation is 1. The first-order valence-corrected chi connectivity index (χ1v) is 23.1. The zero-order valence-corrected chi connectivity index (χ0v) is 37.8. The minimum absolute atomic E-state index is 0.0279. The number of hydrogen-bond acceptors (Lipinski definition) is 10. The predicted molar refractivity (Wildman–Crippen MR) is 256 cm³/mol. The number of methoxy groups -OCH3 is 2. The maximum Gasteiger partial charge on any atom is 0.310 e. The lowest BCUT2D eigenvalue weighted by Crippen LogP contribution is -2.60. The van der Waals surface area contributed by atoms with E-state index in [0.29, 0.717) is 37.2 Å². The van der Waals surface area contributed by atoms with Crippen LogP contribution >= 0.6 is 0 Å². The van der Waals surface area contributed by atoms with E-state index < -0.39 is 41.4 Å². The molecule has 7 aromatic carbocycles. The molecular weight excluding hydrogens is 845 g/mol. The Morgan fingerprint density at radius 1 is 0.687 bits per heavy atom. The van der Waals surface area contributed by atoms with Crippen molar-refractivity contribution >= 4 is 33.5 Å². The van der Waals surface area contributed by atoms with Crippen LogP contribution < -0.4 is 9.47 Å². The molecule has 0 unspecified atom stereocenters. The number of benzene rings is 7. The van der Waals surface area contributed by atoms with Gasteiger partial charge in [0, 0.05) is 30.6 Å². The minimum Gasteiger partial charge on any atom is -0.508 e. The van der Waals surface area contributed by atoms with Gasteiger partial charge in [-0.05, 0) is 146 Å². The minimum atomic E-state index is -0.911. The Balaban J connectivity index is 1.13. The van der Waals surface area contributed by atoms with Gasteiger partial charge in [-0.3, -0.25) is 9.59 Å². The zero-order chi connectivity index (χ0) is 46.6. The van der Waals surface area contributed by atoms with Crippen molar-refractivity contribution in [1.29, 1.82) is 0 Å². The van der Waals surface area contributed by atoms with Crippen LogP contribution in [0.1, 0.15) is 71.4 Å². The first kappa shape index (κ1) is 43.8. The molecule has 1 fully saturated rings. The molecule has 0 bridgehead atoms. The van der Waals surface area contributed by atoms with Crippen LogP contribution in [-0.4, -0.2) is 65.4 Å². The monoisotopic (exact) mass is 898 g/mol. The molecule has 1 saturated carbocycles. The van der Waals surface area contributed by atoms with Crippen LogP contribution in [0, 0.1) is 11.8 Å². The highest BCUT2D eigenvalue weighted by Gasteiger charge is 2.62. The molecule has 7 aromatic rings. The highest BCUT2D eigenvalue weighted by atomic mass is 16.6. The number of hydrogen-bond donors (Lipinski definition) is 4. The Hall–Kier alpha value is -7.04. The zero-order valence-electron chi connectivity index (χ0n) is 37.8. The topological polar surface area (TPSA) is 152 Å². The second-order valence-corrected chi connectivity index (χ2v) is 18.6. The molecule has 67 heavy (non-hydrogen) atoms. The molecule has 0 spiro atoms. The summed E-state index contributed by atoms with van der Waals surface area (Å²) in [6.45, 7) is 1.13. The number of carbonyl (C=O) groups is 2. The van der Waals surface area contributed by atoms with Gasteiger partial charge in [0.2, 0.25) is 0 Å². The third-order valence-electron chi connectivity index (χ3n) is 15.1. The van der Waals surface area contributed by atoms with Gasteiger partial charge in [-0.2, -0.15) is 0 Å². The highest BCUT2D eigenvalue weighted by molar-refractivity contribution is 5.98. The van der Waals surface area contributed by atoms with E-state index in [2.05, 4.69) is 30.3 Å². The van der Waals surface area contributed by atoms with Gasteiger partial charge in [0.25, 0.3) is 0 Å². The molecule has 0 radical (unpaired) electrons. The molecule has 0 aliphatic heterocycles. The first-order valence-electron chi connectivity index (χ1n) is 23.1. The number of esters is 2. The molecule has 0 saturated heterocycles. The number of phenols is 3. The molecule has 10 rings (SSSR count). The summed E-state index contributed by atoms with van der Waals surface area (Å²) in [6.07, 6.45) is 0.640. The van der Waals surface area contributed by atoms with Crippen LogP contribution in [0.4, 0.5) is 0 Å². The lowest BCUT2D eigenvalue weighted by molar-refractivity contribution is -0.164. The summed E-state index contributed by atoms with van der Waals surface area (Å²) in [5.41, 5.74) is 6.17. The molecular formula is C57H54O10. The first-order chi connectivity index (χ1) is 32.5. The van der Waals surface area contributed by atoms with Gasteiger partial charge in [-0.15, -0.1) is 0 Å². The molecule has 4 N–H and O–H groups in total. The summed E-state index contributed by atoms with van der Waals surface area (Å²) in [4.78, 5) is 27.9. The van der Waals surface area contributed by atoms with E-state index in [-0.39, 0.29) is 48.5 Å². The predicted octanol–water partition coefficient (Wildman–Crippen LogP) is 10.2. The van der Waals surface area contributed by atoms with Gasteiger partial charge in [0.05, 0.1) is 27.2 Å². The fraction of sp³-hybridized carbons (Fsp3) is 0.298. The third kappa shape index (κ3) is 7.76. The van der Waals surface area contributed by atoms with Crippen LogP contribution in [-0.2, 0) is 43.7 Å². The van der Waals surface area contributed by atoms with Crippen LogP contribution in [0.5, 0.6) is 28.7 Å². The summed E-state index contributed by atoms with van der Waals surface area (Å²) in [6, 6.07) is 40.9. The Kier molecular flexibility index (Phi) is 11.5. The summed E-state index contributed by atoms with van der Waals surface area (Å²) in [5, 5.41) is 48.9. The van der Waals surface area contributed by atoms with Crippen molar-refractivity contribution in [3.05, 3.63) is 161 Å². The number of aliphatic hydroxyl groups excluding tert-OH is 1. The number of fused-ring (bicyclic) bond motifs is 8. The summed E-state index contributed by atoms with van der Waals surface area (Å²) in [5.74, 6) is -1.72. The molecule has 0 amide bonds. The van der Waals surface area contributed by atoms with Crippen molar-refractivity contribution in [2.24, 2.45) is 11.8 Å². The van der Waals surface area contributed by atoms with E-state index in [4.69, 9.17) is 18.9 Å². The number of ether oxygens (including phenoxy) is 4. The van der Waals surface area contributed by atoms with Crippen molar-refractivity contribution in [3.8, 4) is 39.9 Å². The largest absolute Gasteiger partial charge is 0.508 e. The highest BCUT2D eigenvalue weighted by Crippen LogP contribution is 2.64. The average Bonchev–Trinajstić information content (AvgIpc) is 3.32. The van der Waals surface area contributed by atoms with Gasteiger partial charge in [0.15, 0.2) is 23.0 Å². The lowest BCUT2D eigenvalue weighted by Gasteiger charge is -2.60. The fourth-order valence-corrected chi connectivity index (χ4v) is 12.5.